The number of nitrogens with zero attached hydrogens (tertiary/aromatic N) is 1. The summed E-state index contributed by atoms with van der Waals surface area (Å²) in [5.41, 5.74) is 1.50. The third kappa shape index (κ3) is 5.55. The molecule has 0 saturated carbocycles. The van der Waals surface area contributed by atoms with Crippen LogP contribution in [0.5, 0.6) is 0 Å². The number of nitrogens with one attached hydrogen (secondary N) is 2. The second-order valence-corrected chi connectivity index (χ2v) is 7.09. The third-order valence-electron chi connectivity index (χ3n) is 4.64. The molecule has 1 unspecified atom stereocenters. The van der Waals surface area contributed by atoms with Crippen LogP contribution in [0.1, 0.15) is 22.3 Å². The monoisotopic (exact) mass is 385 g/mol. The molecule has 1 saturated heterocycles. The summed E-state index contributed by atoms with van der Waals surface area (Å²) >= 11 is 5.90. The van der Waals surface area contributed by atoms with Crippen LogP contribution in [-0.4, -0.2) is 48.9 Å². The first-order valence-corrected chi connectivity index (χ1v) is 9.61. The van der Waals surface area contributed by atoms with Gasteiger partial charge in [0.25, 0.3) is 5.91 Å². The zero-order valence-corrected chi connectivity index (χ0v) is 15.9. The topological polar surface area (TPSA) is 61.4 Å². The van der Waals surface area contributed by atoms with E-state index in [1.54, 1.807) is 24.3 Å². The number of benzene rings is 2. The highest BCUT2D eigenvalue weighted by atomic mass is 35.5. The second-order valence-electron chi connectivity index (χ2n) is 6.65. The Balaban J connectivity index is 1.76. The number of carbonyl (C=O) groups excluding carboxylic acids is 2. The molecule has 0 radical (unpaired) electrons. The lowest BCUT2D eigenvalue weighted by molar-refractivity contribution is -0.133. The maximum Gasteiger partial charge on any atom is 0.251 e. The van der Waals surface area contributed by atoms with Gasteiger partial charge in [0.05, 0.1) is 0 Å². The molecule has 0 spiro atoms. The summed E-state index contributed by atoms with van der Waals surface area (Å²) in [6, 6.07) is 15.8. The molecule has 0 aliphatic carbocycles. The predicted octanol–water partition coefficient (Wildman–Crippen LogP) is 2.50. The van der Waals surface area contributed by atoms with Crippen molar-refractivity contribution in [1.82, 2.24) is 15.5 Å². The molecule has 1 atom stereocenters. The van der Waals surface area contributed by atoms with Gasteiger partial charge in [-0.05, 0) is 42.8 Å². The number of hydrogen-bond acceptors (Lipinski definition) is 3. The van der Waals surface area contributed by atoms with Gasteiger partial charge in [0, 0.05) is 36.6 Å². The van der Waals surface area contributed by atoms with E-state index in [0.29, 0.717) is 30.1 Å². The van der Waals surface area contributed by atoms with Crippen molar-refractivity contribution in [1.29, 1.82) is 0 Å². The van der Waals surface area contributed by atoms with Gasteiger partial charge in [-0.2, -0.15) is 0 Å². The third-order valence-corrected chi connectivity index (χ3v) is 4.90. The van der Waals surface area contributed by atoms with Crippen LogP contribution in [0.4, 0.5) is 0 Å². The van der Waals surface area contributed by atoms with E-state index in [2.05, 4.69) is 10.6 Å². The Morgan fingerprint density at radius 3 is 2.52 bits per heavy atom. The molecule has 1 aliphatic rings. The SMILES string of the molecule is O=C(NC(Cc1ccccc1)C(=O)N1CCCNCC1)c1ccc(Cl)cc1. The van der Waals surface area contributed by atoms with Gasteiger partial charge in [-0.1, -0.05) is 41.9 Å². The molecule has 5 nitrogen and oxygen atoms in total. The lowest BCUT2D eigenvalue weighted by atomic mass is 10.0. The molecule has 3 rings (SSSR count). The zero-order chi connectivity index (χ0) is 19.1. The molecule has 2 N–H and O–H groups in total. The number of rotatable bonds is 5. The van der Waals surface area contributed by atoms with Gasteiger partial charge >= 0.3 is 0 Å². The molecular formula is C21H24ClN3O2. The van der Waals surface area contributed by atoms with Crippen LogP contribution in [0.3, 0.4) is 0 Å². The van der Waals surface area contributed by atoms with Crippen LogP contribution in [-0.2, 0) is 11.2 Å². The maximum absolute atomic E-state index is 13.1. The molecule has 1 aliphatic heterocycles. The average Bonchev–Trinajstić information content (AvgIpc) is 2.97. The zero-order valence-electron chi connectivity index (χ0n) is 15.2. The molecule has 2 amide bonds. The molecule has 142 valence electrons. The Bertz CT molecular complexity index is 757. The van der Waals surface area contributed by atoms with Gasteiger partial charge in [-0.15, -0.1) is 0 Å². The number of hydrogen-bond donors (Lipinski definition) is 2. The van der Waals surface area contributed by atoms with Gasteiger partial charge < -0.3 is 15.5 Å². The first-order valence-electron chi connectivity index (χ1n) is 9.23. The summed E-state index contributed by atoms with van der Waals surface area (Å²) < 4.78 is 0. The average molecular weight is 386 g/mol. The van der Waals surface area contributed by atoms with E-state index in [1.807, 2.05) is 35.2 Å². The minimum Gasteiger partial charge on any atom is -0.340 e. The van der Waals surface area contributed by atoms with Crippen molar-refractivity contribution in [2.45, 2.75) is 18.9 Å². The lowest BCUT2D eigenvalue weighted by Crippen LogP contribution is -2.50. The van der Waals surface area contributed by atoms with Crippen LogP contribution in [0.2, 0.25) is 5.02 Å². The van der Waals surface area contributed by atoms with E-state index in [-0.39, 0.29) is 11.8 Å². The quantitative estimate of drug-likeness (QED) is 0.831. The Morgan fingerprint density at radius 2 is 1.78 bits per heavy atom. The molecule has 1 heterocycles. The van der Waals surface area contributed by atoms with Crippen molar-refractivity contribution < 1.29 is 9.59 Å². The predicted molar refractivity (Wildman–Crippen MR) is 107 cm³/mol. The van der Waals surface area contributed by atoms with Crippen molar-refractivity contribution in [2.75, 3.05) is 26.2 Å². The van der Waals surface area contributed by atoms with Gasteiger partial charge in [-0.3, -0.25) is 9.59 Å². The first kappa shape index (κ1) is 19.4. The van der Waals surface area contributed by atoms with Crippen LogP contribution < -0.4 is 10.6 Å². The lowest BCUT2D eigenvalue weighted by Gasteiger charge is -2.27. The standard InChI is InChI=1S/C21H24ClN3O2/c22-18-9-7-17(8-10-18)20(26)24-19(15-16-5-2-1-3-6-16)21(27)25-13-4-11-23-12-14-25/h1-3,5-10,19,23H,4,11-15H2,(H,24,26). The minimum absolute atomic E-state index is 0.0372. The Kier molecular flexibility index (Phi) is 6.85. The largest absolute Gasteiger partial charge is 0.340 e. The summed E-state index contributed by atoms with van der Waals surface area (Å²) in [7, 11) is 0. The van der Waals surface area contributed by atoms with Gasteiger partial charge in [0.1, 0.15) is 6.04 Å². The molecule has 1 fully saturated rings. The molecule has 0 bridgehead atoms. The van der Waals surface area contributed by atoms with Crippen LogP contribution >= 0.6 is 11.6 Å². The Morgan fingerprint density at radius 1 is 1.04 bits per heavy atom. The highest BCUT2D eigenvalue weighted by molar-refractivity contribution is 6.30. The second kappa shape index (κ2) is 9.53. The van der Waals surface area contributed by atoms with Gasteiger partial charge in [-0.25, -0.2) is 0 Å². The molecular weight excluding hydrogens is 362 g/mol. The number of halogens is 1. The van der Waals surface area contributed by atoms with Crippen LogP contribution in [0, 0.1) is 0 Å². The number of carbonyl (C=O) groups is 2. The summed E-state index contributed by atoms with van der Waals surface area (Å²) in [4.78, 5) is 27.7. The molecule has 27 heavy (non-hydrogen) atoms. The van der Waals surface area contributed by atoms with E-state index >= 15 is 0 Å². The molecule has 2 aromatic rings. The fourth-order valence-electron chi connectivity index (χ4n) is 3.18. The van der Waals surface area contributed by atoms with Crippen molar-refractivity contribution in [3.05, 3.63) is 70.7 Å². The molecule has 2 aromatic carbocycles. The Labute approximate surface area is 164 Å². The van der Waals surface area contributed by atoms with E-state index in [0.717, 1.165) is 25.1 Å². The van der Waals surface area contributed by atoms with Gasteiger partial charge in [0.2, 0.25) is 5.91 Å². The fourth-order valence-corrected chi connectivity index (χ4v) is 3.31. The number of amides is 2. The van der Waals surface area contributed by atoms with Crippen LogP contribution in [0.25, 0.3) is 0 Å². The Hall–Kier alpha value is -2.37. The highest BCUT2D eigenvalue weighted by Gasteiger charge is 2.27. The summed E-state index contributed by atoms with van der Waals surface area (Å²) in [5, 5.41) is 6.79. The van der Waals surface area contributed by atoms with Crippen molar-refractivity contribution in [2.24, 2.45) is 0 Å². The van der Waals surface area contributed by atoms with Crippen LogP contribution in [0.15, 0.2) is 54.6 Å². The smallest absolute Gasteiger partial charge is 0.251 e. The van der Waals surface area contributed by atoms with E-state index in [9.17, 15) is 9.59 Å². The summed E-state index contributed by atoms with van der Waals surface area (Å²) in [6.45, 7) is 3.04. The molecule has 6 heteroatoms. The van der Waals surface area contributed by atoms with E-state index in [1.165, 1.54) is 0 Å². The van der Waals surface area contributed by atoms with Gasteiger partial charge in [0.15, 0.2) is 0 Å². The first-order chi connectivity index (χ1) is 13.1. The van der Waals surface area contributed by atoms with Crippen molar-refractivity contribution >= 4 is 23.4 Å². The fraction of sp³-hybridized carbons (Fsp3) is 0.333. The van der Waals surface area contributed by atoms with E-state index in [4.69, 9.17) is 11.6 Å². The minimum atomic E-state index is -0.603. The van der Waals surface area contributed by atoms with E-state index < -0.39 is 6.04 Å². The normalized spacial score (nSPS) is 15.7. The highest BCUT2D eigenvalue weighted by Crippen LogP contribution is 2.12. The summed E-state index contributed by atoms with van der Waals surface area (Å²) in [6.07, 6.45) is 1.37. The molecule has 0 aromatic heterocycles. The van der Waals surface area contributed by atoms with Crippen molar-refractivity contribution in [3.8, 4) is 0 Å². The van der Waals surface area contributed by atoms with Crippen molar-refractivity contribution in [3.63, 3.8) is 0 Å². The summed E-state index contributed by atoms with van der Waals surface area (Å²) in [5.74, 6) is -0.307. The maximum atomic E-state index is 13.1.